The van der Waals surface area contributed by atoms with Gasteiger partial charge in [0, 0.05) is 6.42 Å². The molecule has 14 nitrogen and oxygen atoms in total. The number of esters is 1. The van der Waals surface area contributed by atoms with E-state index in [1.54, 1.807) is 0 Å². The zero-order valence-electron chi connectivity index (χ0n) is 40.5. The van der Waals surface area contributed by atoms with Crippen molar-refractivity contribution in [2.75, 3.05) is 159 Å². The Morgan fingerprint density at radius 3 is 0.953 bits per heavy atom. The van der Waals surface area contributed by atoms with E-state index in [9.17, 15) is 4.79 Å². The van der Waals surface area contributed by atoms with Gasteiger partial charge in [0.1, 0.15) is 19.0 Å². The highest BCUT2D eigenvalue weighted by molar-refractivity contribution is 5.69. The Hall–Kier alpha value is -1.95. The minimum Gasteiger partial charge on any atom is -0.491 e. The summed E-state index contributed by atoms with van der Waals surface area (Å²) < 4.78 is 71.8. The second-order valence-corrected chi connectivity index (χ2v) is 15.5. The van der Waals surface area contributed by atoms with Gasteiger partial charge in [0.05, 0.1) is 145 Å². The van der Waals surface area contributed by atoms with E-state index in [2.05, 4.69) is 38.1 Å². The lowest BCUT2D eigenvalue weighted by molar-refractivity contribution is -0.145. The van der Waals surface area contributed by atoms with Crippen molar-refractivity contribution in [1.29, 1.82) is 0 Å². The van der Waals surface area contributed by atoms with Crippen molar-refractivity contribution < 1.29 is 66.4 Å². The van der Waals surface area contributed by atoms with E-state index in [-0.39, 0.29) is 12.6 Å². The highest BCUT2D eigenvalue weighted by atomic mass is 16.6. The van der Waals surface area contributed by atoms with Gasteiger partial charge in [0.2, 0.25) is 0 Å². The summed E-state index contributed by atoms with van der Waals surface area (Å²) in [5.41, 5.74) is 1.38. The molecule has 14 heteroatoms. The van der Waals surface area contributed by atoms with Crippen LogP contribution in [0.3, 0.4) is 0 Å². The molecule has 1 rings (SSSR count). The van der Waals surface area contributed by atoms with Crippen molar-refractivity contribution in [2.24, 2.45) is 0 Å². The fraction of sp³-hybridized carbons (Fsp3) is 0.860. The van der Waals surface area contributed by atoms with E-state index >= 15 is 0 Å². The van der Waals surface area contributed by atoms with Crippen LogP contribution in [0.2, 0.25) is 0 Å². The molecule has 0 heterocycles. The lowest BCUT2D eigenvalue weighted by atomic mass is 10.0. The van der Waals surface area contributed by atoms with E-state index in [0.717, 1.165) is 25.0 Å². The van der Waals surface area contributed by atoms with Crippen LogP contribution >= 0.6 is 0 Å². The van der Waals surface area contributed by atoms with Gasteiger partial charge < -0.3 is 61.6 Å². The maximum atomic E-state index is 11.8. The molecule has 0 bridgehead atoms. The smallest absolute Gasteiger partial charge is 0.305 e. The summed E-state index contributed by atoms with van der Waals surface area (Å²) in [6.07, 6.45) is 20.6. The molecule has 0 N–H and O–H groups in total. The molecule has 64 heavy (non-hydrogen) atoms. The average molecular weight is 917 g/mol. The Balaban J connectivity index is 1.66. The lowest BCUT2D eigenvalue weighted by Crippen LogP contribution is -2.16. The molecule has 0 radical (unpaired) electrons. The van der Waals surface area contributed by atoms with Crippen molar-refractivity contribution in [1.82, 2.24) is 0 Å². The van der Waals surface area contributed by atoms with Gasteiger partial charge in [-0.1, -0.05) is 109 Å². The third kappa shape index (κ3) is 46.6. The molecule has 0 saturated heterocycles. The van der Waals surface area contributed by atoms with Crippen LogP contribution in [-0.4, -0.2) is 165 Å². The summed E-state index contributed by atoms with van der Waals surface area (Å²) in [4.78, 5) is 11.8. The number of unbranched alkanes of at least 4 members (excludes halogenated alkanes) is 13. The zero-order chi connectivity index (χ0) is 45.7. The first-order valence-electron chi connectivity index (χ1n) is 25.0. The third-order valence-electron chi connectivity index (χ3n) is 9.93. The van der Waals surface area contributed by atoms with Crippen molar-refractivity contribution in [3.05, 3.63) is 29.8 Å². The Morgan fingerprint density at radius 2 is 0.609 bits per heavy atom. The Labute approximate surface area is 388 Å². The number of hydrogen-bond acceptors (Lipinski definition) is 14. The van der Waals surface area contributed by atoms with Crippen LogP contribution < -0.4 is 4.74 Å². The van der Waals surface area contributed by atoms with Crippen LogP contribution in [0, 0.1) is 0 Å². The van der Waals surface area contributed by atoms with Crippen molar-refractivity contribution in [3.8, 4) is 5.75 Å². The maximum absolute atomic E-state index is 11.8. The van der Waals surface area contributed by atoms with Gasteiger partial charge in [0.25, 0.3) is 0 Å². The van der Waals surface area contributed by atoms with Crippen molar-refractivity contribution >= 4 is 5.97 Å². The van der Waals surface area contributed by atoms with Gasteiger partial charge in [0.15, 0.2) is 0 Å². The quantitative estimate of drug-likeness (QED) is 0.0456. The van der Waals surface area contributed by atoms with Crippen LogP contribution in [0.4, 0.5) is 0 Å². The fourth-order valence-corrected chi connectivity index (χ4v) is 6.25. The Bertz CT molecular complexity index is 1050. The van der Waals surface area contributed by atoms with Gasteiger partial charge >= 0.3 is 5.97 Å². The number of aryl methyl sites for hydroxylation is 1. The molecule has 0 aliphatic rings. The molecule has 1 aromatic rings. The van der Waals surface area contributed by atoms with Gasteiger partial charge in [-0.25, -0.2) is 0 Å². The molecule has 0 atom stereocenters. The second kappa shape index (κ2) is 52.0. The molecular weight excluding hydrogens is 825 g/mol. The van der Waals surface area contributed by atoms with E-state index in [0.29, 0.717) is 158 Å². The number of rotatable bonds is 54. The molecule has 0 aromatic heterocycles. The largest absolute Gasteiger partial charge is 0.491 e. The van der Waals surface area contributed by atoms with E-state index in [1.165, 1.54) is 89.0 Å². The number of hydrogen-bond donors (Lipinski definition) is 0. The van der Waals surface area contributed by atoms with Crippen molar-refractivity contribution in [3.63, 3.8) is 0 Å². The minimum absolute atomic E-state index is 0.137. The molecule has 0 spiro atoms. The third-order valence-corrected chi connectivity index (χ3v) is 9.93. The van der Waals surface area contributed by atoms with Crippen LogP contribution in [-0.2, 0) is 68.1 Å². The Morgan fingerprint density at radius 1 is 0.328 bits per heavy atom. The highest BCUT2D eigenvalue weighted by Crippen LogP contribution is 2.15. The molecule has 0 fully saturated rings. The predicted molar refractivity (Wildman–Crippen MR) is 251 cm³/mol. The first-order chi connectivity index (χ1) is 31.8. The number of ether oxygens (including phenoxy) is 13. The SMILES string of the molecule is CCCCCCCCCCCC(=O)OCCOCCOCCOCCOCCOCCOCCOCCOCCOCCOCCOCCOc1ccc(CCCCCCCC)cc1. The molecule has 0 unspecified atom stereocenters. The second-order valence-electron chi connectivity index (χ2n) is 15.5. The number of carbonyl (C=O) groups is 1. The first-order valence-corrected chi connectivity index (χ1v) is 25.0. The van der Waals surface area contributed by atoms with Crippen LogP contribution in [0.15, 0.2) is 24.3 Å². The molecular formula is C50H92O14. The van der Waals surface area contributed by atoms with Crippen LogP contribution in [0.5, 0.6) is 5.75 Å². The molecule has 0 aliphatic carbocycles. The first kappa shape index (κ1) is 60.1. The molecule has 0 aliphatic heterocycles. The van der Waals surface area contributed by atoms with Gasteiger partial charge in [-0.05, 0) is 37.0 Å². The Kier molecular flexibility index (Phi) is 48.8. The molecule has 0 amide bonds. The standard InChI is InChI=1S/C50H92O14/c1-3-5-7-9-11-12-13-15-17-19-50(51)64-47-45-62-43-41-60-39-37-58-35-33-56-31-29-54-27-25-52-24-26-53-28-30-55-32-34-57-36-38-59-40-42-61-44-46-63-49-22-20-48(21-23-49)18-16-14-10-8-6-4-2/h20-23H,3-19,24-47H2,1-2H3. The topological polar surface area (TPSA) is 137 Å². The van der Waals surface area contributed by atoms with Crippen LogP contribution in [0.1, 0.15) is 122 Å². The summed E-state index contributed by atoms with van der Waals surface area (Å²) in [5, 5.41) is 0. The van der Waals surface area contributed by atoms with E-state index in [4.69, 9.17) is 61.6 Å². The summed E-state index contributed by atoms with van der Waals surface area (Å²) >= 11 is 0. The number of benzene rings is 1. The molecule has 376 valence electrons. The summed E-state index contributed by atoms with van der Waals surface area (Å²) in [7, 11) is 0. The minimum atomic E-state index is -0.137. The van der Waals surface area contributed by atoms with Crippen molar-refractivity contribution in [2.45, 2.75) is 123 Å². The predicted octanol–water partition coefficient (Wildman–Crippen LogP) is 8.62. The normalized spacial score (nSPS) is 11.5. The fourth-order valence-electron chi connectivity index (χ4n) is 6.25. The maximum Gasteiger partial charge on any atom is 0.305 e. The van der Waals surface area contributed by atoms with E-state index < -0.39 is 0 Å². The monoisotopic (exact) mass is 917 g/mol. The zero-order valence-corrected chi connectivity index (χ0v) is 40.5. The summed E-state index contributed by atoms with van der Waals surface area (Å²) in [6.45, 7) is 16.2. The average Bonchev–Trinajstić information content (AvgIpc) is 3.31. The summed E-state index contributed by atoms with van der Waals surface area (Å²) in [6, 6.07) is 8.43. The lowest BCUT2D eigenvalue weighted by Gasteiger charge is -2.09. The van der Waals surface area contributed by atoms with Crippen LogP contribution in [0.25, 0.3) is 0 Å². The van der Waals surface area contributed by atoms with Gasteiger partial charge in [-0.3, -0.25) is 4.79 Å². The number of carbonyl (C=O) groups excluding carboxylic acids is 1. The summed E-state index contributed by atoms with van der Waals surface area (Å²) in [5.74, 6) is 0.745. The van der Waals surface area contributed by atoms with Gasteiger partial charge in [-0.15, -0.1) is 0 Å². The highest BCUT2D eigenvalue weighted by Gasteiger charge is 2.04. The molecule has 1 aromatic carbocycles. The van der Waals surface area contributed by atoms with Gasteiger partial charge in [-0.2, -0.15) is 0 Å². The molecule has 0 saturated carbocycles. The van der Waals surface area contributed by atoms with E-state index in [1.807, 2.05) is 0 Å².